The van der Waals surface area contributed by atoms with Gasteiger partial charge in [-0.2, -0.15) is 0 Å². The van der Waals surface area contributed by atoms with Crippen molar-refractivity contribution in [2.24, 2.45) is 0 Å². The van der Waals surface area contributed by atoms with Gasteiger partial charge in [-0.3, -0.25) is 0 Å². The summed E-state index contributed by atoms with van der Waals surface area (Å²) in [5, 5.41) is 10.1. The number of hydrogen-bond acceptors (Lipinski definition) is 2. The van der Waals surface area contributed by atoms with Crippen molar-refractivity contribution in [3.8, 4) is 0 Å². The van der Waals surface area contributed by atoms with Gasteiger partial charge in [0.05, 0.1) is 6.10 Å². The molecule has 0 bridgehead atoms. The van der Waals surface area contributed by atoms with Crippen LogP contribution in [0.5, 0.6) is 0 Å². The molecule has 0 fully saturated rings. The highest BCUT2D eigenvalue weighted by Gasteiger charge is 2.09. The van der Waals surface area contributed by atoms with Crippen molar-refractivity contribution in [3.63, 3.8) is 0 Å². The Hall–Kier alpha value is -1.71. The van der Waals surface area contributed by atoms with Crippen LogP contribution in [0.25, 0.3) is 0 Å². The normalized spacial score (nSPS) is 12.6. The van der Waals surface area contributed by atoms with Crippen molar-refractivity contribution in [2.75, 3.05) is 13.6 Å². The van der Waals surface area contributed by atoms with Crippen LogP contribution in [0, 0.1) is 12.7 Å². The first-order chi connectivity index (χ1) is 10.0. The molecule has 1 N–H and O–H groups in total. The van der Waals surface area contributed by atoms with Gasteiger partial charge in [-0.05, 0) is 43.7 Å². The standard InChI is InChI=1S/C18H22FNO/c1-14-4-3-5-15(12-14)13-20(2)11-10-18(21)16-6-8-17(19)9-7-16/h3-9,12,18,21H,10-11,13H2,1-2H3. The van der Waals surface area contributed by atoms with E-state index in [4.69, 9.17) is 0 Å². The Morgan fingerprint density at radius 3 is 2.52 bits per heavy atom. The number of aliphatic hydroxyl groups is 1. The van der Waals surface area contributed by atoms with E-state index in [1.807, 2.05) is 7.05 Å². The van der Waals surface area contributed by atoms with Crippen molar-refractivity contribution < 1.29 is 9.50 Å². The van der Waals surface area contributed by atoms with E-state index in [1.165, 1.54) is 23.3 Å². The van der Waals surface area contributed by atoms with E-state index >= 15 is 0 Å². The van der Waals surface area contributed by atoms with E-state index < -0.39 is 6.10 Å². The molecule has 1 atom stereocenters. The third-order valence-electron chi connectivity index (χ3n) is 3.57. The van der Waals surface area contributed by atoms with Crippen LogP contribution in [0.4, 0.5) is 4.39 Å². The predicted octanol–water partition coefficient (Wildman–Crippen LogP) is 3.69. The molecule has 0 heterocycles. The Kier molecular flexibility index (Phi) is 5.48. The van der Waals surface area contributed by atoms with Crippen LogP contribution in [-0.2, 0) is 6.54 Å². The summed E-state index contributed by atoms with van der Waals surface area (Å²) < 4.78 is 12.8. The Morgan fingerprint density at radius 2 is 1.86 bits per heavy atom. The van der Waals surface area contributed by atoms with E-state index in [-0.39, 0.29) is 5.82 Å². The lowest BCUT2D eigenvalue weighted by Crippen LogP contribution is -2.21. The minimum atomic E-state index is -0.550. The van der Waals surface area contributed by atoms with Crippen molar-refractivity contribution in [2.45, 2.75) is 26.0 Å². The first-order valence-corrected chi connectivity index (χ1v) is 7.22. The minimum absolute atomic E-state index is 0.275. The summed E-state index contributed by atoms with van der Waals surface area (Å²) in [6.45, 7) is 3.73. The van der Waals surface area contributed by atoms with Crippen molar-refractivity contribution >= 4 is 0 Å². The van der Waals surface area contributed by atoms with Gasteiger partial charge in [0, 0.05) is 13.1 Å². The van der Waals surface area contributed by atoms with E-state index in [2.05, 4.69) is 36.1 Å². The van der Waals surface area contributed by atoms with E-state index in [9.17, 15) is 9.50 Å². The quantitative estimate of drug-likeness (QED) is 0.876. The molecule has 2 rings (SSSR count). The molecule has 0 aliphatic carbocycles. The number of nitrogens with zero attached hydrogens (tertiary/aromatic N) is 1. The summed E-state index contributed by atoms with van der Waals surface area (Å²) in [7, 11) is 2.04. The maximum Gasteiger partial charge on any atom is 0.123 e. The lowest BCUT2D eigenvalue weighted by molar-refractivity contribution is 0.147. The second kappa shape index (κ2) is 7.34. The second-order valence-electron chi connectivity index (χ2n) is 5.58. The SMILES string of the molecule is Cc1cccc(CN(C)CCC(O)c2ccc(F)cc2)c1. The lowest BCUT2D eigenvalue weighted by Gasteiger charge is -2.19. The molecule has 21 heavy (non-hydrogen) atoms. The molecule has 3 heteroatoms. The molecule has 2 aromatic carbocycles. The van der Waals surface area contributed by atoms with Crippen molar-refractivity contribution in [3.05, 3.63) is 71.0 Å². The first-order valence-electron chi connectivity index (χ1n) is 7.22. The van der Waals surface area contributed by atoms with E-state index in [0.717, 1.165) is 18.7 Å². The molecule has 0 radical (unpaired) electrons. The van der Waals surface area contributed by atoms with Crippen molar-refractivity contribution in [1.82, 2.24) is 4.90 Å². The number of hydrogen-bond donors (Lipinski definition) is 1. The third kappa shape index (κ3) is 4.96. The average molecular weight is 287 g/mol. The first kappa shape index (κ1) is 15.7. The molecule has 0 saturated heterocycles. The summed E-state index contributed by atoms with van der Waals surface area (Å²) in [5.74, 6) is -0.275. The highest BCUT2D eigenvalue weighted by Crippen LogP contribution is 2.17. The molecular weight excluding hydrogens is 265 g/mol. The largest absolute Gasteiger partial charge is 0.388 e. The molecule has 0 spiro atoms. The molecule has 0 aliphatic rings. The van der Waals surface area contributed by atoms with Crippen LogP contribution in [0.3, 0.4) is 0 Å². The van der Waals surface area contributed by atoms with E-state index in [0.29, 0.717) is 6.42 Å². The number of aryl methyl sites for hydroxylation is 1. The molecule has 0 aliphatic heterocycles. The number of aliphatic hydroxyl groups excluding tert-OH is 1. The van der Waals surface area contributed by atoms with Gasteiger partial charge in [-0.15, -0.1) is 0 Å². The Morgan fingerprint density at radius 1 is 1.14 bits per heavy atom. The summed E-state index contributed by atoms with van der Waals surface area (Å²) in [6, 6.07) is 14.5. The van der Waals surface area contributed by atoms with E-state index in [1.54, 1.807) is 12.1 Å². The molecule has 0 amide bonds. The highest BCUT2D eigenvalue weighted by molar-refractivity contribution is 5.22. The van der Waals surface area contributed by atoms with Crippen LogP contribution < -0.4 is 0 Å². The van der Waals surface area contributed by atoms with Crippen LogP contribution in [0.2, 0.25) is 0 Å². The molecular formula is C18H22FNO. The summed E-state index contributed by atoms with van der Waals surface area (Å²) in [6.07, 6.45) is 0.0825. The van der Waals surface area contributed by atoms with Gasteiger partial charge in [0.25, 0.3) is 0 Å². The fraction of sp³-hybridized carbons (Fsp3) is 0.333. The number of halogens is 1. The zero-order valence-corrected chi connectivity index (χ0v) is 12.6. The van der Waals surface area contributed by atoms with Crippen LogP contribution in [0.15, 0.2) is 48.5 Å². The third-order valence-corrected chi connectivity index (χ3v) is 3.57. The summed E-state index contributed by atoms with van der Waals surface area (Å²) in [5.41, 5.74) is 3.29. The molecule has 0 aromatic heterocycles. The topological polar surface area (TPSA) is 23.5 Å². The molecule has 2 aromatic rings. The Balaban J connectivity index is 1.83. The summed E-state index contributed by atoms with van der Waals surface area (Å²) in [4.78, 5) is 2.18. The lowest BCUT2D eigenvalue weighted by atomic mass is 10.1. The van der Waals surface area contributed by atoms with Gasteiger partial charge in [0.15, 0.2) is 0 Å². The second-order valence-corrected chi connectivity index (χ2v) is 5.58. The highest BCUT2D eigenvalue weighted by atomic mass is 19.1. The van der Waals surface area contributed by atoms with Gasteiger partial charge in [-0.25, -0.2) is 4.39 Å². The number of benzene rings is 2. The Bertz CT molecular complexity index is 568. The maximum atomic E-state index is 12.8. The zero-order chi connectivity index (χ0) is 15.2. The molecule has 0 saturated carbocycles. The van der Waals surface area contributed by atoms with Gasteiger partial charge in [-0.1, -0.05) is 42.0 Å². The predicted molar refractivity (Wildman–Crippen MR) is 83.5 cm³/mol. The fourth-order valence-electron chi connectivity index (χ4n) is 2.40. The van der Waals surface area contributed by atoms with Gasteiger partial charge >= 0.3 is 0 Å². The maximum absolute atomic E-state index is 12.8. The molecule has 2 nitrogen and oxygen atoms in total. The minimum Gasteiger partial charge on any atom is -0.388 e. The van der Waals surface area contributed by atoms with Crippen LogP contribution in [-0.4, -0.2) is 23.6 Å². The van der Waals surface area contributed by atoms with Crippen molar-refractivity contribution in [1.29, 1.82) is 0 Å². The smallest absolute Gasteiger partial charge is 0.123 e. The zero-order valence-electron chi connectivity index (χ0n) is 12.6. The molecule has 1 unspecified atom stereocenters. The average Bonchev–Trinajstić information content (AvgIpc) is 2.45. The number of rotatable bonds is 6. The fourth-order valence-corrected chi connectivity index (χ4v) is 2.40. The van der Waals surface area contributed by atoms with Gasteiger partial charge in [0.2, 0.25) is 0 Å². The molecule has 112 valence electrons. The summed E-state index contributed by atoms with van der Waals surface area (Å²) >= 11 is 0. The monoisotopic (exact) mass is 287 g/mol. The van der Waals surface area contributed by atoms with Crippen LogP contribution in [0.1, 0.15) is 29.2 Å². The van der Waals surface area contributed by atoms with Crippen LogP contribution >= 0.6 is 0 Å². The Labute approximate surface area is 125 Å². The van der Waals surface area contributed by atoms with Gasteiger partial charge < -0.3 is 10.0 Å². The van der Waals surface area contributed by atoms with Gasteiger partial charge in [0.1, 0.15) is 5.82 Å².